The number of nitrogens with one attached hydrogen (secondary N) is 2. The van der Waals surface area contributed by atoms with E-state index in [1.165, 1.54) is 0 Å². The Morgan fingerprint density at radius 3 is 2.62 bits per heavy atom. The highest BCUT2D eigenvalue weighted by Gasteiger charge is 2.25. The third-order valence-corrected chi connectivity index (χ3v) is 3.64. The van der Waals surface area contributed by atoms with E-state index in [-0.39, 0.29) is 18.5 Å². The fourth-order valence-corrected chi connectivity index (χ4v) is 2.56. The van der Waals surface area contributed by atoms with E-state index < -0.39 is 0 Å². The number of para-hydroxylation sites is 1. The van der Waals surface area contributed by atoms with Gasteiger partial charge in [-0.2, -0.15) is 0 Å². The second-order valence-electron chi connectivity index (χ2n) is 5.46. The molecule has 0 atom stereocenters. The Kier molecular flexibility index (Phi) is 4.65. The Balaban J connectivity index is 1.75. The van der Waals surface area contributed by atoms with Gasteiger partial charge in [-0.1, -0.05) is 25.1 Å². The number of ether oxygens (including phenoxy) is 1. The van der Waals surface area contributed by atoms with Crippen molar-refractivity contribution in [1.29, 1.82) is 0 Å². The van der Waals surface area contributed by atoms with Crippen LogP contribution in [0.2, 0.25) is 0 Å². The molecule has 6 heteroatoms. The van der Waals surface area contributed by atoms with Gasteiger partial charge in [-0.25, -0.2) is 4.79 Å². The van der Waals surface area contributed by atoms with Crippen LogP contribution in [0.5, 0.6) is 5.75 Å². The third kappa shape index (κ3) is 3.48. The van der Waals surface area contributed by atoms with Gasteiger partial charge in [0.05, 0.1) is 5.69 Å². The number of nitrogens with zero attached hydrogens (tertiary/aromatic N) is 1. The average Bonchev–Trinajstić information content (AvgIpc) is 2.58. The lowest BCUT2D eigenvalue weighted by Gasteiger charge is -2.29. The van der Waals surface area contributed by atoms with Crippen LogP contribution in [0.15, 0.2) is 48.5 Å². The molecule has 0 saturated heterocycles. The quantitative estimate of drug-likeness (QED) is 0.904. The zero-order valence-corrected chi connectivity index (χ0v) is 13.4. The first-order chi connectivity index (χ1) is 11.7. The Morgan fingerprint density at radius 2 is 1.88 bits per heavy atom. The highest BCUT2D eigenvalue weighted by molar-refractivity contribution is 6.02. The van der Waals surface area contributed by atoms with Gasteiger partial charge in [0.2, 0.25) is 0 Å². The highest BCUT2D eigenvalue weighted by Crippen LogP contribution is 2.34. The first kappa shape index (κ1) is 15.9. The van der Waals surface area contributed by atoms with E-state index in [4.69, 9.17) is 4.74 Å². The minimum atomic E-state index is -0.341. The monoisotopic (exact) mass is 325 g/mol. The van der Waals surface area contributed by atoms with E-state index in [9.17, 15) is 9.59 Å². The average molecular weight is 325 g/mol. The van der Waals surface area contributed by atoms with Crippen LogP contribution in [0.4, 0.5) is 21.9 Å². The molecule has 0 radical (unpaired) electrons. The van der Waals surface area contributed by atoms with Crippen molar-refractivity contribution < 1.29 is 14.3 Å². The van der Waals surface area contributed by atoms with Gasteiger partial charge >= 0.3 is 6.03 Å². The fraction of sp³-hybridized carbons (Fsp3) is 0.222. The van der Waals surface area contributed by atoms with Crippen molar-refractivity contribution in [2.24, 2.45) is 0 Å². The van der Waals surface area contributed by atoms with E-state index in [0.29, 0.717) is 29.4 Å². The first-order valence-electron chi connectivity index (χ1n) is 7.87. The number of hydrogen-bond donors (Lipinski definition) is 2. The van der Waals surface area contributed by atoms with Crippen molar-refractivity contribution in [2.45, 2.75) is 13.3 Å². The van der Waals surface area contributed by atoms with Crippen molar-refractivity contribution in [2.75, 3.05) is 28.7 Å². The number of anilines is 3. The van der Waals surface area contributed by atoms with Crippen LogP contribution in [-0.2, 0) is 4.79 Å². The van der Waals surface area contributed by atoms with E-state index in [0.717, 1.165) is 6.42 Å². The molecule has 1 heterocycles. The van der Waals surface area contributed by atoms with Crippen LogP contribution in [0, 0.1) is 0 Å². The first-order valence-corrected chi connectivity index (χ1v) is 7.87. The molecule has 0 bridgehead atoms. The third-order valence-electron chi connectivity index (χ3n) is 3.64. The summed E-state index contributed by atoms with van der Waals surface area (Å²) in [4.78, 5) is 25.8. The normalized spacial score (nSPS) is 13.0. The van der Waals surface area contributed by atoms with Crippen molar-refractivity contribution >= 4 is 29.0 Å². The summed E-state index contributed by atoms with van der Waals surface area (Å²) >= 11 is 0. The molecule has 0 spiro atoms. The highest BCUT2D eigenvalue weighted by atomic mass is 16.5. The number of hydrogen-bond acceptors (Lipinski definition) is 3. The number of carbonyl (C=O) groups is 2. The minimum absolute atomic E-state index is 0.0499. The van der Waals surface area contributed by atoms with Crippen LogP contribution >= 0.6 is 0 Å². The molecular formula is C18H19N3O3. The van der Waals surface area contributed by atoms with Crippen LogP contribution in [0.3, 0.4) is 0 Å². The van der Waals surface area contributed by atoms with E-state index in [1.807, 2.05) is 37.3 Å². The lowest BCUT2D eigenvalue weighted by molar-refractivity contribution is -0.121. The Bertz CT molecular complexity index is 746. The summed E-state index contributed by atoms with van der Waals surface area (Å²) in [5.41, 5.74) is 1.99. The Labute approximate surface area is 140 Å². The van der Waals surface area contributed by atoms with Gasteiger partial charge in [0.15, 0.2) is 6.61 Å². The molecule has 1 aliphatic heterocycles. The molecule has 3 amide bonds. The van der Waals surface area contributed by atoms with Crippen molar-refractivity contribution in [3.05, 3.63) is 48.5 Å². The summed E-state index contributed by atoms with van der Waals surface area (Å²) < 4.78 is 5.45. The van der Waals surface area contributed by atoms with Crippen LogP contribution < -0.4 is 20.3 Å². The molecule has 0 saturated carbocycles. The number of urea groups is 1. The second-order valence-corrected chi connectivity index (χ2v) is 5.46. The molecule has 0 aliphatic carbocycles. The zero-order chi connectivity index (χ0) is 16.9. The molecule has 0 unspecified atom stereocenters. The van der Waals surface area contributed by atoms with Gasteiger partial charge in [0.25, 0.3) is 5.91 Å². The second kappa shape index (κ2) is 7.04. The van der Waals surface area contributed by atoms with Crippen LogP contribution in [0.1, 0.15) is 13.3 Å². The zero-order valence-electron chi connectivity index (χ0n) is 13.4. The number of amides is 3. The smallest absolute Gasteiger partial charge is 0.323 e. The molecule has 24 heavy (non-hydrogen) atoms. The van der Waals surface area contributed by atoms with Crippen LogP contribution in [0.25, 0.3) is 0 Å². The molecule has 2 aromatic carbocycles. The van der Waals surface area contributed by atoms with Gasteiger partial charge in [-0.05, 0) is 36.8 Å². The summed E-state index contributed by atoms with van der Waals surface area (Å²) in [6.45, 7) is 2.68. The predicted molar refractivity (Wildman–Crippen MR) is 93.7 cm³/mol. The summed E-state index contributed by atoms with van der Waals surface area (Å²) in [6.07, 6.45) is 0.845. The summed E-state index contributed by atoms with van der Waals surface area (Å²) in [5.74, 6) is 0.576. The molecule has 6 nitrogen and oxygen atoms in total. The molecule has 124 valence electrons. The maximum absolute atomic E-state index is 12.1. The van der Waals surface area contributed by atoms with Crippen molar-refractivity contribution in [3.8, 4) is 5.75 Å². The summed E-state index contributed by atoms with van der Waals surface area (Å²) in [6, 6.07) is 14.1. The summed E-state index contributed by atoms with van der Waals surface area (Å²) in [7, 11) is 0. The number of carbonyl (C=O) groups excluding carboxylic acids is 2. The molecule has 0 aromatic heterocycles. The lowest BCUT2D eigenvalue weighted by Crippen LogP contribution is -2.39. The molecule has 1 aliphatic rings. The topological polar surface area (TPSA) is 70.7 Å². The van der Waals surface area contributed by atoms with Crippen molar-refractivity contribution in [3.63, 3.8) is 0 Å². The summed E-state index contributed by atoms with van der Waals surface area (Å²) in [5, 5.41) is 5.53. The van der Waals surface area contributed by atoms with Gasteiger partial charge in [-0.15, -0.1) is 0 Å². The standard InChI is InChI=1S/C18H19N3O3/c1-2-10-21-15-11-14(8-9-16(15)24-12-17(21)22)20-18(23)19-13-6-4-3-5-7-13/h3-9,11H,2,10,12H2,1H3,(H2,19,20,23). The van der Waals surface area contributed by atoms with Gasteiger partial charge in [0.1, 0.15) is 5.75 Å². The molecular weight excluding hydrogens is 306 g/mol. The maximum Gasteiger partial charge on any atom is 0.323 e. The SMILES string of the molecule is CCCN1C(=O)COc2ccc(NC(=O)Nc3ccccc3)cc21. The molecule has 2 aromatic rings. The number of fused-ring (bicyclic) bond motifs is 1. The minimum Gasteiger partial charge on any atom is -0.482 e. The van der Waals surface area contributed by atoms with Gasteiger partial charge < -0.3 is 20.3 Å². The van der Waals surface area contributed by atoms with Crippen molar-refractivity contribution in [1.82, 2.24) is 0 Å². The molecule has 0 fully saturated rings. The maximum atomic E-state index is 12.1. The number of rotatable bonds is 4. The fourth-order valence-electron chi connectivity index (χ4n) is 2.56. The van der Waals surface area contributed by atoms with Gasteiger partial charge in [-0.3, -0.25) is 4.79 Å². The van der Waals surface area contributed by atoms with Crippen LogP contribution in [-0.4, -0.2) is 25.1 Å². The predicted octanol–water partition coefficient (Wildman–Crippen LogP) is 3.47. The van der Waals surface area contributed by atoms with E-state index >= 15 is 0 Å². The largest absolute Gasteiger partial charge is 0.482 e. The lowest BCUT2D eigenvalue weighted by atomic mass is 10.2. The Hall–Kier alpha value is -3.02. The van der Waals surface area contributed by atoms with E-state index in [1.54, 1.807) is 23.1 Å². The number of benzene rings is 2. The van der Waals surface area contributed by atoms with Gasteiger partial charge in [0, 0.05) is 17.9 Å². The van der Waals surface area contributed by atoms with E-state index in [2.05, 4.69) is 10.6 Å². The molecule has 2 N–H and O–H groups in total. The molecule has 3 rings (SSSR count). The Morgan fingerprint density at radius 1 is 1.12 bits per heavy atom.